The first kappa shape index (κ1) is 17.4. The topological polar surface area (TPSA) is 57.8 Å². The summed E-state index contributed by atoms with van der Waals surface area (Å²) in [5.41, 5.74) is 4.23. The van der Waals surface area contributed by atoms with Gasteiger partial charge in [0.2, 0.25) is 0 Å². The van der Waals surface area contributed by atoms with E-state index in [2.05, 4.69) is 22.2 Å². The van der Waals surface area contributed by atoms with Gasteiger partial charge in [0.15, 0.2) is 0 Å². The van der Waals surface area contributed by atoms with Crippen LogP contribution in [0.1, 0.15) is 17.3 Å². The predicted molar refractivity (Wildman–Crippen MR) is 112 cm³/mol. The minimum Gasteiger partial charge on any atom is -0.338 e. The van der Waals surface area contributed by atoms with E-state index in [-0.39, 0.29) is 5.91 Å². The third-order valence-corrected chi connectivity index (χ3v) is 5.10. The molecule has 0 fully saturated rings. The molecule has 0 saturated heterocycles. The number of anilines is 1. The summed E-state index contributed by atoms with van der Waals surface area (Å²) in [4.78, 5) is 21.6. The molecule has 0 aliphatic carbocycles. The second-order valence-corrected chi connectivity index (χ2v) is 7.43. The largest absolute Gasteiger partial charge is 0.338 e. The monoisotopic (exact) mass is 373 g/mol. The quantitative estimate of drug-likeness (QED) is 0.448. The molecule has 0 bridgehead atoms. The van der Waals surface area contributed by atoms with E-state index in [4.69, 9.17) is 0 Å². The number of nitrogens with one attached hydrogen (secondary N) is 2. The Hall–Kier alpha value is -3.05. The Bertz CT molecular complexity index is 1050. The maximum absolute atomic E-state index is 12.5. The molecule has 0 saturated carbocycles. The molecular weight excluding hydrogens is 354 g/mol. The molecule has 1 heterocycles. The Morgan fingerprint density at radius 1 is 1.04 bits per heavy atom. The fraction of sp³-hybridized carbons (Fsp3) is 0.0909. The first-order chi connectivity index (χ1) is 13.2. The molecule has 27 heavy (non-hydrogen) atoms. The lowest BCUT2D eigenvalue weighted by atomic mass is 10.1. The summed E-state index contributed by atoms with van der Waals surface area (Å²) in [6.45, 7) is 2.11. The SMILES string of the molecule is CCSc1ccc(C(=O)Nc2cccc(-c3nc4ccccc4[nH]3)c2)cc1. The summed E-state index contributed by atoms with van der Waals surface area (Å²) in [6.07, 6.45) is 0. The molecule has 1 amide bonds. The van der Waals surface area contributed by atoms with Gasteiger partial charge in [-0.3, -0.25) is 4.79 Å². The van der Waals surface area contributed by atoms with Gasteiger partial charge in [0.25, 0.3) is 5.91 Å². The van der Waals surface area contributed by atoms with Crippen molar-refractivity contribution in [2.75, 3.05) is 11.1 Å². The molecule has 134 valence electrons. The summed E-state index contributed by atoms with van der Waals surface area (Å²) in [6, 6.07) is 23.3. The first-order valence-electron chi connectivity index (χ1n) is 8.82. The summed E-state index contributed by atoms with van der Waals surface area (Å²) in [7, 11) is 0. The van der Waals surface area contributed by atoms with E-state index in [0.717, 1.165) is 33.9 Å². The molecule has 4 nitrogen and oxygen atoms in total. The number of carbonyl (C=O) groups is 1. The highest BCUT2D eigenvalue weighted by Crippen LogP contribution is 2.24. The highest BCUT2D eigenvalue weighted by atomic mass is 32.2. The zero-order valence-electron chi connectivity index (χ0n) is 14.9. The van der Waals surface area contributed by atoms with Crippen LogP contribution < -0.4 is 5.32 Å². The highest BCUT2D eigenvalue weighted by molar-refractivity contribution is 7.99. The molecule has 2 N–H and O–H groups in total. The summed E-state index contributed by atoms with van der Waals surface area (Å²) >= 11 is 1.76. The number of amides is 1. The molecule has 0 aliphatic rings. The maximum atomic E-state index is 12.5. The number of hydrogen-bond donors (Lipinski definition) is 2. The van der Waals surface area contributed by atoms with Crippen LogP contribution in [-0.2, 0) is 0 Å². The second kappa shape index (κ2) is 7.68. The van der Waals surface area contributed by atoms with Crippen molar-refractivity contribution in [1.29, 1.82) is 0 Å². The lowest BCUT2D eigenvalue weighted by Crippen LogP contribution is -2.11. The number of aromatic nitrogens is 2. The van der Waals surface area contributed by atoms with Crippen molar-refractivity contribution in [2.24, 2.45) is 0 Å². The molecule has 3 aromatic carbocycles. The van der Waals surface area contributed by atoms with Gasteiger partial charge in [0.1, 0.15) is 5.82 Å². The van der Waals surface area contributed by atoms with E-state index in [1.807, 2.05) is 72.8 Å². The van der Waals surface area contributed by atoms with E-state index in [9.17, 15) is 4.79 Å². The van der Waals surface area contributed by atoms with Gasteiger partial charge in [-0.2, -0.15) is 0 Å². The third-order valence-electron chi connectivity index (χ3n) is 4.21. The molecule has 1 aromatic heterocycles. The van der Waals surface area contributed by atoms with Crippen molar-refractivity contribution in [2.45, 2.75) is 11.8 Å². The number of benzene rings is 3. The number of hydrogen-bond acceptors (Lipinski definition) is 3. The van der Waals surface area contributed by atoms with E-state index in [1.165, 1.54) is 4.90 Å². The molecule has 5 heteroatoms. The van der Waals surface area contributed by atoms with Crippen molar-refractivity contribution >= 4 is 34.4 Å². The van der Waals surface area contributed by atoms with E-state index >= 15 is 0 Å². The smallest absolute Gasteiger partial charge is 0.255 e. The average Bonchev–Trinajstić information content (AvgIpc) is 3.13. The van der Waals surface area contributed by atoms with Crippen LogP contribution in [0.15, 0.2) is 77.7 Å². The van der Waals surface area contributed by atoms with E-state index in [1.54, 1.807) is 11.8 Å². The Kier molecular flexibility index (Phi) is 4.94. The number of aromatic amines is 1. The number of para-hydroxylation sites is 2. The van der Waals surface area contributed by atoms with E-state index < -0.39 is 0 Å². The molecular formula is C22H19N3OS. The number of H-pyrrole nitrogens is 1. The van der Waals surface area contributed by atoms with Crippen LogP contribution >= 0.6 is 11.8 Å². The first-order valence-corrected chi connectivity index (χ1v) is 9.81. The number of thioether (sulfide) groups is 1. The minimum absolute atomic E-state index is 0.121. The standard InChI is InChI=1S/C22H19N3OS/c1-2-27-18-12-10-15(11-13-18)22(26)23-17-7-5-6-16(14-17)21-24-19-8-3-4-9-20(19)25-21/h3-14H,2H2,1H3,(H,23,26)(H,24,25). The minimum atomic E-state index is -0.121. The number of fused-ring (bicyclic) bond motifs is 1. The third kappa shape index (κ3) is 3.88. The van der Waals surface area contributed by atoms with Crippen molar-refractivity contribution in [3.05, 3.63) is 78.4 Å². The Morgan fingerprint density at radius 3 is 2.63 bits per heavy atom. The zero-order valence-corrected chi connectivity index (χ0v) is 15.7. The van der Waals surface area contributed by atoms with Crippen molar-refractivity contribution in [1.82, 2.24) is 9.97 Å². The van der Waals surface area contributed by atoms with Crippen LogP contribution in [0.25, 0.3) is 22.4 Å². The Labute approximate surface area is 162 Å². The van der Waals surface area contributed by atoms with Gasteiger partial charge in [-0.25, -0.2) is 4.98 Å². The zero-order chi connectivity index (χ0) is 18.6. The molecule has 4 rings (SSSR count). The van der Waals surface area contributed by atoms with Crippen molar-refractivity contribution in [3.8, 4) is 11.4 Å². The van der Waals surface area contributed by atoms with Crippen LogP contribution in [0, 0.1) is 0 Å². The molecule has 0 radical (unpaired) electrons. The molecule has 4 aromatic rings. The van der Waals surface area contributed by atoms with Gasteiger partial charge < -0.3 is 10.3 Å². The molecule has 0 aliphatic heterocycles. The van der Waals surface area contributed by atoms with Gasteiger partial charge in [0.05, 0.1) is 11.0 Å². The number of nitrogens with zero attached hydrogens (tertiary/aromatic N) is 1. The summed E-state index contributed by atoms with van der Waals surface area (Å²) in [5, 5.41) is 2.97. The molecule has 0 atom stereocenters. The Balaban J connectivity index is 1.54. The lowest BCUT2D eigenvalue weighted by molar-refractivity contribution is 0.102. The molecule has 0 spiro atoms. The highest BCUT2D eigenvalue weighted by Gasteiger charge is 2.09. The van der Waals surface area contributed by atoms with Crippen molar-refractivity contribution < 1.29 is 4.79 Å². The van der Waals surface area contributed by atoms with Gasteiger partial charge in [-0.1, -0.05) is 31.2 Å². The van der Waals surface area contributed by atoms with Gasteiger partial charge in [0, 0.05) is 21.7 Å². The van der Waals surface area contributed by atoms with Gasteiger partial charge >= 0.3 is 0 Å². The summed E-state index contributed by atoms with van der Waals surface area (Å²) in [5.74, 6) is 1.68. The fourth-order valence-corrected chi connectivity index (χ4v) is 3.57. The predicted octanol–water partition coefficient (Wildman–Crippen LogP) is 5.59. The normalized spacial score (nSPS) is 10.9. The molecule has 0 unspecified atom stereocenters. The van der Waals surface area contributed by atoms with Crippen LogP contribution in [0.5, 0.6) is 0 Å². The second-order valence-electron chi connectivity index (χ2n) is 6.09. The van der Waals surface area contributed by atoms with Crippen LogP contribution in [0.4, 0.5) is 5.69 Å². The number of imidazole rings is 1. The Morgan fingerprint density at radius 2 is 1.85 bits per heavy atom. The number of carbonyl (C=O) groups excluding carboxylic acids is 1. The maximum Gasteiger partial charge on any atom is 0.255 e. The van der Waals surface area contributed by atoms with Crippen LogP contribution in [-0.4, -0.2) is 21.6 Å². The summed E-state index contributed by atoms with van der Waals surface area (Å²) < 4.78 is 0. The van der Waals surface area contributed by atoms with E-state index in [0.29, 0.717) is 5.56 Å². The van der Waals surface area contributed by atoms with Crippen LogP contribution in [0.2, 0.25) is 0 Å². The average molecular weight is 373 g/mol. The van der Waals surface area contributed by atoms with Gasteiger partial charge in [-0.15, -0.1) is 11.8 Å². The lowest BCUT2D eigenvalue weighted by Gasteiger charge is -2.07. The van der Waals surface area contributed by atoms with Crippen LogP contribution in [0.3, 0.4) is 0 Å². The van der Waals surface area contributed by atoms with Crippen molar-refractivity contribution in [3.63, 3.8) is 0 Å². The fourth-order valence-electron chi connectivity index (χ4n) is 2.91. The number of rotatable bonds is 5. The van der Waals surface area contributed by atoms with Gasteiger partial charge in [-0.05, 0) is 54.3 Å².